The summed E-state index contributed by atoms with van der Waals surface area (Å²) in [4.78, 5) is 0. The average molecular weight is 296 g/mol. The molecular weight excluding hydrogens is 281 g/mol. The zero-order chi connectivity index (χ0) is 13.8. The highest BCUT2D eigenvalue weighted by Crippen LogP contribution is 2.29. The second-order valence-electron chi connectivity index (χ2n) is 4.17. The molecule has 2 aromatic carbocycles. The quantitative estimate of drug-likeness (QED) is 0.907. The summed E-state index contributed by atoms with van der Waals surface area (Å²) in [6.45, 7) is 0. The number of halogens is 2. The minimum absolute atomic E-state index is 0.0701. The van der Waals surface area contributed by atoms with Gasteiger partial charge >= 0.3 is 0 Å². The fourth-order valence-corrected chi connectivity index (χ4v) is 2.32. The van der Waals surface area contributed by atoms with Gasteiger partial charge in [-0.1, -0.05) is 41.4 Å². The van der Waals surface area contributed by atoms with Crippen LogP contribution in [-0.4, -0.2) is 14.2 Å². The second-order valence-corrected chi connectivity index (χ2v) is 4.98. The minimum Gasteiger partial charge on any atom is -0.497 e. The summed E-state index contributed by atoms with van der Waals surface area (Å²) in [5, 5.41) is 4.40. The predicted octanol–water partition coefficient (Wildman–Crippen LogP) is 4.31. The van der Waals surface area contributed by atoms with Gasteiger partial charge in [0.05, 0.1) is 23.2 Å². The van der Waals surface area contributed by atoms with E-state index in [1.165, 1.54) is 0 Å². The van der Waals surface area contributed by atoms with E-state index in [1.807, 2.05) is 49.5 Å². The van der Waals surface area contributed by atoms with Gasteiger partial charge in [-0.3, -0.25) is 0 Å². The number of benzene rings is 2. The number of ether oxygens (including phenoxy) is 1. The number of methoxy groups -OCH3 is 1. The van der Waals surface area contributed by atoms with Crippen molar-refractivity contribution in [3.05, 3.63) is 63.6 Å². The molecule has 0 radical (unpaired) electrons. The lowest BCUT2D eigenvalue weighted by Gasteiger charge is -2.18. The highest BCUT2D eigenvalue weighted by Gasteiger charge is 2.13. The van der Waals surface area contributed by atoms with Gasteiger partial charge in [0.15, 0.2) is 0 Å². The molecule has 0 aliphatic carbocycles. The Morgan fingerprint density at radius 3 is 2.11 bits per heavy atom. The molecule has 0 bridgehead atoms. The molecule has 2 nitrogen and oxygen atoms in total. The van der Waals surface area contributed by atoms with Crippen LogP contribution >= 0.6 is 23.2 Å². The normalized spacial score (nSPS) is 12.2. The van der Waals surface area contributed by atoms with Crippen LogP contribution in [0.1, 0.15) is 17.2 Å². The van der Waals surface area contributed by atoms with Crippen molar-refractivity contribution in [3.63, 3.8) is 0 Å². The van der Waals surface area contributed by atoms with E-state index in [-0.39, 0.29) is 6.04 Å². The molecule has 2 aromatic rings. The maximum absolute atomic E-state index is 6.07. The van der Waals surface area contributed by atoms with Gasteiger partial charge in [0.2, 0.25) is 0 Å². The lowest BCUT2D eigenvalue weighted by atomic mass is 9.99. The average Bonchev–Trinajstić information content (AvgIpc) is 2.44. The smallest absolute Gasteiger partial charge is 0.118 e. The van der Waals surface area contributed by atoms with E-state index in [1.54, 1.807) is 7.11 Å². The number of nitrogens with one attached hydrogen (secondary N) is 1. The molecule has 19 heavy (non-hydrogen) atoms. The van der Waals surface area contributed by atoms with Crippen molar-refractivity contribution >= 4 is 23.2 Å². The van der Waals surface area contributed by atoms with Gasteiger partial charge in [-0.05, 0) is 42.4 Å². The summed E-state index contributed by atoms with van der Waals surface area (Å²) in [5.74, 6) is 0.841. The molecule has 0 saturated heterocycles. The lowest BCUT2D eigenvalue weighted by molar-refractivity contribution is 0.414. The van der Waals surface area contributed by atoms with Crippen LogP contribution in [0, 0.1) is 0 Å². The van der Waals surface area contributed by atoms with Crippen LogP contribution in [0.5, 0.6) is 5.75 Å². The van der Waals surface area contributed by atoms with Gasteiger partial charge in [-0.15, -0.1) is 0 Å². The van der Waals surface area contributed by atoms with Crippen molar-refractivity contribution in [1.29, 1.82) is 0 Å². The van der Waals surface area contributed by atoms with Crippen LogP contribution in [0.3, 0.4) is 0 Å². The molecule has 4 heteroatoms. The lowest BCUT2D eigenvalue weighted by Crippen LogP contribution is -2.17. The maximum atomic E-state index is 6.07. The molecule has 1 N–H and O–H groups in total. The molecule has 0 saturated carbocycles. The highest BCUT2D eigenvalue weighted by molar-refractivity contribution is 6.42. The fourth-order valence-electron chi connectivity index (χ4n) is 2.01. The minimum atomic E-state index is 0.0701. The molecular formula is C15H15Cl2NO. The summed E-state index contributed by atoms with van der Waals surface area (Å²) in [7, 11) is 3.57. The molecule has 100 valence electrons. The second kappa shape index (κ2) is 6.29. The fraction of sp³-hybridized carbons (Fsp3) is 0.200. The Morgan fingerprint density at radius 1 is 0.947 bits per heavy atom. The molecule has 1 unspecified atom stereocenters. The van der Waals surface area contributed by atoms with Crippen LogP contribution in [0.2, 0.25) is 10.0 Å². The summed E-state index contributed by atoms with van der Waals surface area (Å²) >= 11 is 12.0. The van der Waals surface area contributed by atoms with E-state index in [9.17, 15) is 0 Å². The Bertz CT molecular complexity index is 555. The third kappa shape index (κ3) is 3.21. The van der Waals surface area contributed by atoms with Crippen molar-refractivity contribution in [3.8, 4) is 5.75 Å². The van der Waals surface area contributed by atoms with Crippen LogP contribution in [0.15, 0.2) is 42.5 Å². The van der Waals surface area contributed by atoms with Gasteiger partial charge in [0, 0.05) is 0 Å². The van der Waals surface area contributed by atoms with Crippen LogP contribution in [0.25, 0.3) is 0 Å². The van der Waals surface area contributed by atoms with Crippen LogP contribution < -0.4 is 10.1 Å². The molecule has 0 spiro atoms. The SMILES string of the molecule is CNC(c1ccc(OC)cc1)c1ccc(Cl)c(Cl)c1. The molecule has 0 fully saturated rings. The first-order valence-electron chi connectivity index (χ1n) is 5.92. The molecule has 0 aliphatic heterocycles. The molecule has 0 heterocycles. The third-order valence-corrected chi connectivity index (χ3v) is 3.75. The Hall–Kier alpha value is -1.22. The summed E-state index contributed by atoms with van der Waals surface area (Å²) in [5.41, 5.74) is 2.21. The van der Waals surface area contributed by atoms with Gasteiger partial charge in [0.25, 0.3) is 0 Å². The van der Waals surface area contributed by atoms with Crippen molar-refractivity contribution < 1.29 is 4.74 Å². The van der Waals surface area contributed by atoms with Gasteiger partial charge < -0.3 is 10.1 Å². The van der Waals surface area contributed by atoms with Crippen molar-refractivity contribution in [2.45, 2.75) is 6.04 Å². The maximum Gasteiger partial charge on any atom is 0.118 e. The van der Waals surface area contributed by atoms with Gasteiger partial charge in [-0.2, -0.15) is 0 Å². The molecule has 2 rings (SSSR count). The topological polar surface area (TPSA) is 21.3 Å². The molecule has 0 aromatic heterocycles. The van der Waals surface area contributed by atoms with E-state index < -0.39 is 0 Å². The van der Waals surface area contributed by atoms with E-state index in [2.05, 4.69) is 5.32 Å². The Balaban J connectivity index is 2.34. The zero-order valence-corrected chi connectivity index (χ0v) is 12.3. The molecule has 0 aliphatic rings. The first kappa shape index (κ1) is 14.2. The Kier molecular flexibility index (Phi) is 4.70. The van der Waals surface area contributed by atoms with Crippen molar-refractivity contribution in [2.24, 2.45) is 0 Å². The largest absolute Gasteiger partial charge is 0.497 e. The monoisotopic (exact) mass is 295 g/mol. The summed E-state index contributed by atoms with van der Waals surface area (Å²) in [6.07, 6.45) is 0. The van der Waals surface area contributed by atoms with E-state index in [0.717, 1.165) is 16.9 Å². The van der Waals surface area contributed by atoms with Gasteiger partial charge in [0.1, 0.15) is 5.75 Å². The summed E-state index contributed by atoms with van der Waals surface area (Å²) in [6, 6.07) is 13.7. The Morgan fingerprint density at radius 2 is 1.58 bits per heavy atom. The first-order valence-corrected chi connectivity index (χ1v) is 6.67. The van der Waals surface area contributed by atoms with Gasteiger partial charge in [-0.25, -0.2) is 0 Å². The Labute approximate surface area is 123 Å². The van der Waals surface area contributed by atoms with Crippen LogP contribution in [0.4, 0.5) is 0 Å². The van der Waals surface area contributed by atoms with Crippen molar-refractivity contribution in [1.82, 2.24) is 5.32 Å². The number of hydrogen-bond donors (Lipinski definition) is 1. The van der Waals surface area contributed by atoms with Crippen molar-refractivity contribution in [2.75, 3.05) is 14.2 Å². The third-order valence-electron chi connectivity index (χ3n) is 3.01. The summed E-state index contributed by atoms with van der Waals surface area (Å²) < 4.78 is 5.16. The van der Waals surface area contributed by atoms with E-state index in [0.29, 0.717) is 10.0 Å². The highest BCUT2D eigenvalue weighted by atomic mass is 35.5. The van der Waals surface area contributed by atoms with E-state index >= 15 is 0 Å². The molecule has 0 amide bonds. The first-order chi connectivity index (χ1) is 9.15. The molecule has 1 atom stereocenters. The standard InChI is InChI=1S/C15H15Cl2NO/c1-18-15(10-3-6-12(19-2)7-4-10)11-5-8-13(16)14(17)9-11/h3-9,15,18H,1-2H3. The zero-order valence-electron chi connectivity index (χ0n) is 10.8. The van der Waals surface area contributed by atoms with E-state index in [4.69, 9.17) is 27.9 Å². The predicted molar refractivity (Wildman–Crippen MR) is 80.4 cm³/mol. The van der Waals surface area contributed by atoms with Crippen LogP contribution in [-0.2, 0) is 0 Å². The number of rotatable bonds is 4. The number of hydrogen-bond acceptors (Lipinski definition) is 2.